The molecule has 3 fully saturated rings. The molecule has 0 aliphatic carbocycles. The summed E-state index contributed by atoms with van der Waals surface area (Å²) in [6.07, 6.45) is 6.20. The Balaban J connectivity index is 1.33. The molecular weight excluding hydrogens is 698 g/mol. The van der Waals surface area contributed by atoms with Crippen molar-refractivity contribution < 1.29 is 38.5 Å². The number of methoxy groups -OCH3 is 1. The van der Waals surface area contributed by atoms with Crippen LogP contribution in [0.1, 0.15) is 63.0 Å². The minimum absolute atomic E-state index is 0.0676. The number of fused-ring (bicyclic) bond motifs is 2. The minimum Gasteiger partial charge on any atom is -0.455 e. The van der Waals surface area contributed by atoms with Crippen molar-refractivity contribution in [2.24, 2.45) is 11.8 Å². The molecule has 0 aromatic heterocycles. The number of anilines is 1. The fourth-order valence-corrected chi connectivity index (χ4v) is 8.76. The summed E-state index contributed by atoms with van der Waals surface area (Å²) in [5.74, 6) is -3.35. The monoisotopic (exact) mass is 751 g/mol. The molecule has 292 valence electrons. The van der Waals surface area contributed by atoms with Crippen molar-refractivity contribution in [1.82, 2.24) is 10.2 Å². The van der Waals surface area contributed by atoms with Crippen LogP contribution in [0.25, 0.3) is 10.8 Å². The molecule has 3 aliphatic heterocycles. The van der Waals surface area contributed by atoms with Gasteiger partial charge in [-0.3, -0.25) is 19.2 Å². The first-order valence-corrected chi connectivity index (χ1v) is 19.4. The third-order valence-electron chi connectivity index (χ3n) is 11.2. The molecular formula is C44H53N3O8. The summed E-state index contributed by atoms with van der Waals surface area (Å²) in [5.41, 5.74) is 0.0931. The Bertz CT molecular complexity index is 1850. The zero-order valence-corrected chi connectivity index (χ0v) is 31.6. The number of hydrogen-bond donors (Lipinski definition) is 2. The topological polar surface area (TPSA) is 135 Å². The second kappa shape index (κ2) is 18.2. The van der Waals surface area contributed by atoms with E-state index in [4.69, 9.17) is 14.2 Å². The molecule has 3 aromatic carbocycles. The van der Waals surface area contributed by atoms with Crippen molar-refractivity contribution in [3.8, 4) is 0 Å². The van der Waals surface area contributed by atoms with Crippen LogP contribution in [0.4, 0.5) is 5.69 Å². The Hall–Kier alpha value is -4.84. The molecule has 2 N–H and O–H groups in total. The van der Waals surface area contributed by atoms with Crippen molar-refractivity contribution in [2.75, 3.05) is 38.3 Å². The van der Waals surface area contributed by atoms with Crippen LogP contribution >= 0.6 is 0 Å². The summed E-state index contributed by atoms with van der Waals surface area (Å²) >= 11 is 0. The quantitative estimate of drug-likeness (QED) is 0.0858. The number of benzene rings is 3. The van der Waals surface area contributed by atoms with Crippen LogP contribution < -0.4 is 10.2 Å². The number of unbranched alkanes of at least 4 members (excludes halogenated alkanes) is 3. The molecule has 11 heteroatoms. The number of amides is 3. The first-order chi connectivity index (χ1) is 26.8. The number of nitrogens with one attached hydrogen (secondary N) is 1. The van der Waals surface area contributed by atoms with Crippen LogP contribution in [0.2, 0.25) is 0 Å². The number of aliphatic hydroxyl groups is 1. The SMILES string of the molecule is C=CCCC(=O)N[C@@H](COC)[C@@H](OC(=O)[C@@H]1[C@@H]2CC[C@]3(O2)[C@H](C(=O)N(CC=C)c2ccc4ccccc4c2)N(CCCCCCO)C(=O)[C@@H]13)c1ccccc1. The van der Waals surface area contributed by atoms with E-state index < -0.39 is 47.7 Å². The highest BCUT2D eigenvalue weighted by Gasteiger charge is 2.75. The Morgan fingerprint density at radius 3 is 2.49 bits per heavy atom. The fraction of sp³-hybridized carbons (Fsp3) is 0.455. The lowest BCUT2D eigenvalue weighted by Gasteiger charge is -2.37. The third kappa shape index (κ3) is 8.24. The van der Waals surface area contributed by atoms with E-state index in [1.54, 1.807) is 22.0 Å². The van der Waals surface area contributed by atoms with Crippen LogP contribution in [0.15, 0.2) is 98.1 Å². The maximum absolute atomic E-state index is 15.1. The summed E-state index contributed by atoms with van der Waals surface area (Å²) in [4.78, 5) is 60.7. The van der Waals surface area contributed by atoms with Crippen LogP contribution in [0.3, 0.4) is 0 Å². The molecule has 3 saturated heterocycles. The standard InChI is InChI=1S/C44H53N3O8/c1-4-6-20-36(49)45-34(29-53-3)39(31-17-10-9-11-18-31)54-43(52)37-35-23-24-44(55-35)38(37)41(50)47(26-14-7-8-15-27-48)40(44)42(51)46(25-5-2)33-22-21-30-16-12-13-19-32(30)28-33/h4-5,9-13,16-19,21-22,28,34-35,37-40,48H,1-2,6-8,14-15,20,23-27,29H2,3H3,(H,45,49)/t34-,35-,37+,38+,39-,40-,44+/m0/s1. The molecule has 1 spiro atoms. The predicted octanol–water partition coefficient (Wildman–Crippen LogP) is 5.67. The normalized spacial score (nSPS) is 23.6. The number of allylic oxidation sites excluding steroid dienone is 1. The highest BCUT2D eigenvalue weighted by Crippen LogP contribution is 2.59. The van der Waals surface area contributed by atoms with Crippen LogP contribution in [-0.2, 0) is 33.4 Å². The van der Waals surface area contributed by atoms with Gasteiger partial charge in [-0.2, -0.15) is 0 Å². The zero-order valence-electron chi connectivity index (χ0n) is 31.6. The van der Waals surface area contributed by atoms with Gasteiger partial charge in [-0.1, -0.05) is 85.7 Å². The van der Waals surface area contributed by atoms with Gasteiger partial charge in [0.2, 0.25) is 11.8 Å². The lowest BCUT2D eigenvalue weighted by atomic mass is 9.70. The number of carbonyl (C=O) groups excluding carboxylic acids is 4. The molecule has 3 aliphatic rings. The minimum atomic E-state index is -1.24. The van der Waals surface area contributed by atoms with E-state index in [9.17, 15) is 19.5 Å². The largest absolute Gasteiger partial charge is 0.455 e. The highest BCUT2D eigenvalue weighted by atomic mass is 16.6. The number of ether oxygens (including phenoxy) is 3. The Morgan fingerprint density at radius 2 is 1.76 bits per heavy atom. The van der Waals surface area contributed by atoms with Crippen molar-refractivity contribution in [3.05, 3.63) is 104 Å². The molecule has 6 rings (SSSR count). The number of aliphatic hydroxyl groups excluding tert-OH is 1. The van der Waals surface area contributed by atoms with Gasteiger partial charge in [0.05, 0.1) is 30.6 Å². The van der Waals surface area contributed by atoms with E-state index in [-0.39, 0.29) is 43.9 Å². The Labute approximate surface area is 323 Å². The fourth-order valence-electron chi connectivity index (χ4n) is 8.76. The molecule has 0 saturated carbocycles. The van der Waals surface area contributed by atoms with E-state index in [2.05, 4.69) is 18.5 Å². The summed E-state index contributed by atoms with van der Waals surface area (Å²) in [6.45, 7) is 8.31. The molecule has 0 unspecified atom stereocenters. The Kier molecular flexibility index (Phi) is 13.2. The zero-order chi connectivity index (χ0) is 39.0. The average molecular weight is 752 g/mol. The number of hydrogen-bond acceptors (Lipinski definition) is 8. The van der Waals surface area contributed by atoms with Crippen LogP contribution in [-0.4, -0.2) is 90.9 Å². The van der Waals surface area contributed by atoms with Gasteiger partial charge in [-0.25, -0.2) is 0 Å². The second-order valence-corrected chi connectivity index (χ2v) is 14.7. The van der Waals surface area contributed by atoms with E-state index in [1.165, 1.54) is 7.11 Å². The molecule has 11 nitrogen and oxygen atoms in total. The molecule has 55 heavy (non-hydrogen) atoms. The third-order valence-corrected chi connectivity index (χ3v) is 11.2. The molecule has 2 bridgehead atoms. The van der Waals surface area contributed by atoms with Gasteiger partial charge in [0, 0.05) is 38.9 Å². The lowest BCUT2D eigenvalue weighted by molar-refractivity contribution is -0.163. The molecule has 3 heterocycles. The lowest BCUT2D eigenvalue weighted by Crippen LogP contribution is -2.56. The van der Waals surface area contributed by atoms with Gasteiger partial charge in [-0.05, 0) is 60.6 Å². The first kappa shape index (κ1) is 39.8. The Morgan fingerprint density at radius 1 is 1.02 bits per heavy atom. The summed E-state index contributed by atoms with van der Waals surface area (Å²) < 4.78 is 18.6. The van der Waals surface area contributed by atoms with Gasteiger partial charge in [0.25, 0.3) is 5.91 Å². The maximum Gasteiger partial charge on any atom is 0.313 e. The number of rotatable bonds is 20. The van der Waals surface area contributed by atoms with Crippen molar-refractivity contribution in [1.29, 1.82) is 0 Å². The van der Waals surface area contributed by atoms with E-state index in [1.807, 2.05) is 72.8 Å². The molecule has 0 radical (unpaired) electrons. The van der Waals surface area contributed by atoms with E-state index in [0.29, 0.717) is 49.9 Å². The van der Waals surface area contributed by atoms with Crippen LogP contribution in [0.5, 0.6) is 0 Å². The maximum atomic E-state index is 15.1. The van der Waals surface area contributed by atoms with Gasteiger partial charge >= 0.3 is 5.97 Å². The van der Waals surface area contributed by atoms with Gasteiger partial charge in [0.1, 0.15) is 17.7 Å². The van der Waals surface area contributed by atoms with Gasteiger partial charge < -0.3 is 34.4 Å². The number of likely N-dealkylation sites (tertiary alicyclic amines) is 1. The molecule has 3 aromatic rings. The van der Waals surface area contributed by atoms with E-state index >= 15 is 4.79 Å². The van der Waals surface area contributed by atoms with Gasteiger partial charge in [-0.15, -0.1) is 13.2 Å². The highest BCUT2D eigenvalue weighted by molar-refractivity contribution is 6.05. The average Bonchev–Trinajstić information content (AvgIpc) is 3.85. The molecule has 7 atom stereocenters. The predicted molar refractivity (Wildman–Crippen MR) is 210 cm³/mol. The van der Waals surface area contributed by atoms with Crippen molar-refractivity contribution >= 4 is 40.2 Å². The summed E-state index contributed by atoms with van der Waals surface area (Å²) in [6, 6.07) is 21.2. The first-order valence-electron chi connectivity index (χ1n) is 19.4. The number of nitrogens with zero attached hydrogens (tertiary/aromatic N) is 2. The smallest absolute Gasteiger partial charge is 0.313 e. The summed E-state index contributed by atoms with van der Waals surface area (Å²) in [7, 11) is 1.51. The molecule has 3 amide bonds. The second-order valence-electron chi connectivity index (χ2n) is 14.7. The van der Waals surface area contributed by atoms with Crippen molar-refractivity contribution in [2.45, 2.75) is 81.3 Å². The van der Waals surface area contributed by atoms with Gasteiger partial charge in [0.15, 0.2) is 0 Å². The van der Waals surface area contributed by atoms with Crippen LogP contribution in [0, 0.1) is 11.8 Å². The number of carbonyl (C=O) groups is 4. The summed E-state index contributed by atoms with van der Waals surface area (Å²) in [5, 5.41) is 14.3. The van der Waals surface area contributed by atoms with Crippen molar-refractivity contribution in [3.63, 3.8) is 0 Å². The van der Waals surface area contributed by atoms with E-state index in [0.717, 1.165) is 23.6 Å². The number of esters is 1.